The lowest BCUT2D eigenvalue weighted by Crippen LogP contribution is -2.24. The van der Waals surface area contributed by atoms with Crippen LogP contribution in [0.1, 0.15) is 19.8 Å². The highest BCUT2D eigenvalue weighted by atomic mass is 127. The van der Waals surface area contributed by atoms with Crippen LogP contribution >= 0.6 is 22.6 Å². The summed E-state index contributed by atoms with van der Waals surface area (Å²) in [5, 5.41) is 2.81. The smallest absolute Gasteiger partial charge is 0.255 e. The molecule has 0 unspecified atom stereocenters. The Kier molecular flexibility index (Phi) is 7.09. The molecule has 0 bridgehead atoms. The van der Waals surface area contributed by atoms with Crippen molar-refractivity contribution in [3.8, 4) is 5.75 Å². The summed E-state index contributed by atoms with van der Waals surface area (Å²) in [7, 11) is -0.887. The van der Waals surface area contributed by atoms with Gasteiger partial charge in [0.15, 0.2) is 5.75 Å². The third-order valence-electron chi connectivity index (χ3n) is 3.83. The van der Waals surface area contributed by atoms with E-state index in [2.05, 4.69) is 10.0 Å². The summed E-state index contributed by atoms with van der Waals surface area (Å²) < 4.78 is 48.6. The van der Waals surface area contributed by atoms with Crippen LogP contribution in [-0.2, 0) is 17.1 Å². The molecule has 0 fully saturated rings. The molecule has 1 aromatic heterocycles. The summed E-state index contributed by atoms with van der Waals surface area (Å²) in [5.74, 6) is -0.476. The highest BCUT2D eigenvalue weighted by Gasteiger charge is 2.21. The number of hydrogen-bond donors (Lipinski definition) is 2. The van der Waals surface area contributed by atoms with Crippen LogP contribution in [0.4, 0.5) is 21.6 Å². The van der Waals surface area contributed by atoms with Gasteiger partial charge in [-0.3, -0.25) is 14.1 Å². The van der Waals surface area contributed by atoms with Gasteiger partial charge < -0.3 is 10.1 Å². The Morgan fingerprint density at radius 3 is 2.59 bits per heavy atom. The second-order valence-corrected chi connectivity index (χ2v) is 8.94. The van der Waals surface area contributed by atoms with Crippen LogP contribution in [0.2, 0.25) is 0 Å². The number of nitrogens with one attached hydrogen (secondary N) is 2. The van der Waals surface area contributed by atoms with Crippen molar-refractivity contribution in [2.75, 3.05) is 22.9 Å². The number of anilines is 3. The molecule has 0 aliphatic carbocycles. The van der Waals surface area contributed by atoms with E-state index in [-0.39, 0.29) is 28.7 Å². The number of unbranched alkanes of at least 4 members (excludes halogenated alkanes) is 1. The summed E-state index contributed by atoms with van der Waals surface area (Å²) >= 11 is 1.98. The quantitative estimate of drug-likeness (QED) is 0.533. The van der Waals surface area contributed by atoms with Crippen LogP contribution in [0.3, 0.4) is 0 Å². The van der Waals surface area contributed by atoms with Crippen molar-refractivity contribution in [2.45, 2.75) is 19.8 Å². The van der Waals surface area contributed by atoms with Crippen LogP contribution in [0.15, 0.2) is 29.1 Å². The van der Waals surface area contributed by atoms with Crippen LogP contribution in [0.25, 0.3) is 0 Å². The number of nitrogens with zero attached hydrogens (tertiary/aromatic N) is 1. The molecule has 0 saturated heterocycles. The predicted octanol–water partition coefficient (Wildman–Crippen LogP) is 3.42. The van der Waals surface area contributed by atoms with Crippen molar-refractivity contribution in [1.29, 1.82) is 0 Å². The standard InChI is InChI=1S/C17H21FIN3O4S/c1-4-5-8-27(24,25)21-16-14(26-3)10-15(23)22(2)17(16)20-13-7-6-11(19)9-12(13)18/h6-7,9-10,20-21H,4-5,8H2,1-3H3. The second-order valence-electron chi connectivity index (χ2n) is 5.86. The minimum Gasteiger partial charge on any atom is -0.494 e. The van der Waals surface area contributed by atoms with Gasteiger partial charge in [-0.25, -0.2) is 12.8 Å². The molecule has 2 aromatic rings. The average molecular weight is 509 g/mol. The van der Waals surface area contributed by atoms with Crippen molar-refractivity contribution in [2.24, 2.45) is 7.05 Å². The van der Waals surface area contributed by atoms with Gasteiger partial charge in [-0.2, -0.15) is 0 Å². The van der Waals surface area contributed by atoms with Crippen molar-refractivity contribution in [3.05, 3.63) is 44.0 Å². The molecule has 0 aliphatic rings. The van der Waals surface area contributed by atoms with Gasteiger partial charge in [-0.1, -0.05) is 13.3 Å². The Bertz CT molecular complexity index is 992. The lowest BCUT2D eigenvalue weighted by Gasteiger charge is -2.20. The molecular formula is C17H21FIN3O4S. The third-order valence-corrected chi connectivity index (χ3v) is 5.84. The average Bonchev–Trinajstić information content (AvgIpc) is 2.61. The largest absolute Gasteiger partial charge is 0.494 e. The molecule has 10 heteroatoms. The van der Waals surface area contributed by atoms with E-state index in [0.29, 0.717) is 16.4 Å². The van der Waals surface area contributed by atoms with E-state index in [1.54, 1.807) is 6.07 Å². The molecular weight excluding hydrogens is 488 g/mol. The van der Waals surface area contributed by atoms with Crippen LogP contribution in [0.5, 0.6) is 5.75 Å². The molecule has 1 aromatic carbocycles. The molecule has 7 nitrogen and oxygen atoms in total. The Morgan fingerprint density at radius 2 is 2.00 bits per heavy atom. The molecule has 27 heavy (non-hydrogen) atoms. The zero-order valence-electron chi connectivity index (χ0n) is 15.2. The zero-order chi connectivity index (χ0) is 20.2. The number of ether oxygens (including phenoxy) is 1. The molecule has 0 saturated carbocycles. The zero-order valence-corrected chi connectivity index (χ0v) is 18.1. The molecule has 148 valence electrons. The van der Waals surface area contributed by atoms with Crippen molar-refractivity contribution >= 4 is 49.8 Å². The Balaban J connectivity index is 2.57. The van der Waals surface area contributed by atoms with Gasteiger partial charge >= 0.3 is 0 Å². The summed E-state index contributed by atoms with van der Waals surface area (Å²) in [4.78, 5) is 12.2. The van der Waals surface area contributed by atoms with E-state index in [0.717, 1.165) is 0 Å². The SMILES string of the molecule is CCCCS(=O)(=O)Nc1c(OC)cc(=O)n(C)c1Nc1ccc(I)cc1F. The number of pyridine rings is 1. The first kappa shape index (κ1) is 21.5. The van der Waals surface area contributed by atoms with E-state index < -0.39 is 21.4 Å². The Labute approximate surface area is 171 Å². The fraction of sp³-hybridized carbons (Fsp3) is 0.353. The van der Waals surface area contributed by atoms with Gasteiger partial charge in [-0.15, -0.1) is 0 Å². The van der Waals surface area contributed by atoms with E-state index in [1.807, 2.05) is 29.5 Å². The van der Waals surface area contributed by atoms with E-state index in [1.165, 1.54) is 36.9 Å². The van der Waals surface area contributed by atoms with Crippen LogP contribution in [0, 0.1) is 9.39 Å². The monoisotopic (exact) mass is 509 g/mol. The van der Waals surface area contributed by atoms with Gasteiger partial charge in [0.2, 0.25) is 10.0 Å². The predicted molar refractivity (Wildman–Crippen MR) is 113 cm³/mol. The molecule has 2 rings (SSSR count). The Morgan fingerprint density at radius 1 is 1.30 bits per heavy atom. The maximum absolute atomic E-state index is 14.3. The molecule has 0 spiro atoms. The van der Waals surface area contributed by atoms with Gasteiger partial charge in [0.05, 0.1) is 18.6 Å². The number of methoxy groups -OCH3 is 1. The van der Waals surface area contributed by atoms with Gasteiger partial charge in [0.1, 0.15) is 17.3 Å². The number of rotatable bonds is 8. The van der Waals surface area contributed by atoms with Crippen molar-refractivity contribution in [1.82, 2.24) is 4.57 Å². The maximum Gasteiger partial charge on any atom is 0.255 e. The molecule has 0 amide bonds. The van der Waals surface area contributed by atoms with Gasteiger partial charge in [0.25, 0.3) is 5.56 Å². The fourth-order valence-corrected chi connectivity index (χ4v) is 4.07. The topological polar surface area (TPSA) is 89.4 Å². The highest BCUT2D eigenvalue weighted by Crippen LogP contribution is 2.34. The summed E-state index contributed by atoms with van der Waals surface area (Å²) in [6.07, 6.45) is 1.20. The van der Waals surface area contributed by atoms with E-state index in [9.17, 15) is 17.6 Å². The second kappa shape index (κ2) is 8.91. The van der Waals surface area contributed by atoms with Crippen molar-refractivity contribution in [3.63, 3.8) is 0 Å². The molecule has 0 atom stereocenters. The minimum atomic E-state index is -3.67. The van der Waals surface area contributed by atoms with E-state index in [4.69, 9.17) is 4.74 Å². The summed E-state index contributed by atoms with van der Waals surface area (Å²) in [6.45, 7) is 1.88. The summed E-state index contributed by atoms with van der Waals surface area (Å²) in [6, 6.07) is 5.70. The molecule has 2 N–H and O–H groups in total. The number of sulfonamides is 1. The lowest BCUT2D eigenvalue weighted by molar-refractivity contribution is 0.415. The number of benzene rings is 1. The van der Waals surface area contributed by atoms with Crippen LogP contribution < -0.4 is 20.3 Å². The number of halogens is 2. The van der Waals surface area contributed by atoms with Crippen LogP contribution in [-0.4, -0.2) is 25.8 Å². The minimum absolute atomic E-state index is 0.0478. The lowest BCUT2D eigenvalue weighted by atomic mass is 10.3. The highest BCUT2D eigenvalue weighted by molar-refractivity contribution is 14.1. The fourth-order valence-electron chi connectivity index (χ4n) is 2.34. The van der Waals surface area contributed by atoms with E-state index >= 15 is 0 Å². The molecule has 1 heterocycles. The number of hydrogen-bond acceptors (Lipinski definition) is 5. The van der Waals surface area contributed by atoms with Gasteiger partial charge in [0, 0.05) is 16.7 Å². The van der Waals surface area contributed by atoms with Gasteiger partial charge in [-0.05, 0) is 47.2 Å². The summed E-state index contributed by atoms with van der Waals surface area (Å²) in [5.41, 5.74) is -0.280. The first-order valence-electron chi connectivity index (χ1n) is 8.19. The third kappa shape index (κ3) is 5.34. The number of aromatic nitrogens is 1. The molecule has 0 radical (unpaired) electrons. The first-order valence-corrected chi connectivity index (χ1v) is 10.9. The Hall–Kier alpha value is -1.82. The first-order chi connectivity index (χ1) is 12.7. The van der Waals surface area contributed by atoms with Crippen molar-refractivity contribution < 1.29 is 17.5 Å². The normalized spacial score (nSPS) is 11.3. The molecule has 0 aliphatic heterocycles. The maximum atomic E-state index is 14.3.